The van der Waals surface area contributed by atoms with Crippen molar-refractivity contribution in [3.63, 3.8) is 0 Å². The van der Waals surface area contributed by atoms with Gasteiger partial charge >= 0.3 is 0 Å². The van der Waals surface area contributed by atoms with Gasteiger partial charge in [0.25, 0.3) is 0 Å². The maximum atomic E-state index is 13.0. The fraction of sp³-hybridized carbons (Fsp3) is 0.469. The molecule has 0 bridgehead atoms. The molecule has 1 aromatic heterocycles. The van der Waals surface area contributed by atoms with E-state index < -0.39 is 9.84 Å². The Morgan fingerprint density at radius 2 is 2.05 bits per heavy atom. The van der Waals surface area contributed by atoms with Crippen LogP contribution in [0, 0.1) is 11.8 Å². The van der Waals surface area contributed by atoms with Gasteiger partial charge in [-0.3, -0.25) is 4.99 Å². The number of allylic oxidation sites excluding steroid dienone is 1. The molecule has 2 aromatic rings. The average Bonchev–Trinajstić information content (AvgIpc) is 3.62. The lowest BCUT2D eigenvalue weighted by molar-refractivity contribution is 0.405. The third-order valence-corrected chi connectivity index (χ3v) is 10.1. The Morgan fingerprint density at radius 1 is 1.25 bits per heavy atom. The molecule has 8 heteroatoms. The average molecular weight is 583 g/mol. The van der Waals surface area contributed by atoms with E-state index in [1.165, 1.54) is 0 Å². The van der Waals surface area contributed by atoms with Crippen LogP contribution in [-0.2, 0) is 15.6 Å². The summed E-state index contributed by atoms with van der Waals surface area (Å²) in [4.78, 5) is 10.6. The number of likely N-dealkylation sites (tertiary alicyclic amines) is 1. The van der Waals surface area contributed by atoms with Crippen LogP contribution in [0.5, 0.6) is 0 Å². The minimum atomic E-state index is -3.35. The minimum absolute atomic E-state index is 0.0375. The summed E-state index contributed by atoms with van der Waals surface area (Å²) >= 11 is 6.22. The maximum Gasteiger partial charge on any atom is 0.158 e. The molecule has 2 atom stereocenters. The molecule has 2 aliphatic heterocycles. The Labute approximate surface area is 245 Å². The van der Waals surface area contributed by atoms with Gasteiger partial charge in [-0.25, -0.2) is 8.42 Å². The molecule has 1 saturated heterocycles. The number of H-pyrrole nitrogens is 1. The number of hydrogen-bond donors (Lipinski definition) is 2. The number of sulfone groups is 1. The molecule has 6 nitrogen and oxygen atoms in total. The first-order valence-electron chi connectivity index (χ1n) is 14.4. The molecule has 0 saturated carbocycles. The van der Waals surface area contributed by atoms with Gasteiger partial charge < -0.3 is 15.2 Å². The number of aliphatic imine (C=N–C) groups is 1. The molecule has 2 unspecified atom stereocenters. The van der Waals surface area contributed by atoms with Crippen molar-refractivity contribution in [2.75, 3.05) is 37.8 Å². The van der Waals surface area contributed by atoms with Crippen LogP contribution in [0.2, 0.25) is 5.02 Å². The van der Waals surface area contributed by atoms with Crippen LogP contribution in [0.15, 0.2) is 71.4 Å². The Bertz CT molecular complexity index is 1390. The highest BCUT2D eigenvalue weighted by Crippen LogP contribution is 2.34. The van der Waals surface area contributed by atoms with Crippen LogP contribution in [-0.4, -0.2) is 56.4 Å². The summed E-state index contributed by atoms with van der Waals surface area (Å²) in [5.41, 5.74) is 5.97. The molecule has 0 aliphatic carbocycles. The molecule has 216 valence electrons. The lowest BCUT2D eigenvalue weighted by Crippen LogP contribution is -2.23. The van der Waals surface area contributed by atoms with Gasteiger partial charge in [0.2, 0.25) is 0 Å². The number of benzene rings is 1. The Kier molecular flexibility index (Phi) is 10.4. The largest absolute Gasteiger partial charge is 0.374 e. The number of dihydropyridines is 1. The lowest BCUT2D eigenvalue weighted by atomic mass is 9.85. The fourth-order valence-electron chi connectivity index (χ4n) is 5.95. The zero-order chi connectivity index (χ0) is 28.7. The van der Waals surface area contributed by atoms with Gasteiger partial charge in [0.15, 0.2) is 9.84 Å². The minimum Gasteiger partial charge on any atom is -0.374 e. The molecule has 3 heterocycles. The van der Waals surface area contributed by atoms with Crippen LogP contribution in [0.1, 0.15) is 57.1 Å². The second kappa shape index (κ2) is 13.7. The highest BCUT2D eigenvalue weighted by molar-refractivity contribution is 7.90. The van der Waals surface area contributed by atoms with Gasteiger partial charge in [-0.15, -0.1) is 0 Å². The first-order chi connectivity index (χ1) is 19.2. The topological polar surface area (TPSA) is 77.6 Å². The number of nitrogens with zero attached hydrogens (tertiary/aromatic N) is 2. The Morgan fingerprint density at radius 3 is 2.73 bits per heavy atom. The fourth-order valence-corrected chi connectivity index (χ4v) is 7.98. The number of aromatic nitrogens is 1. The molecule has 1 aromatic carbocycles. The number of nitrogens with one attached hydrogen (secondary N) is 2. The molecular formula is C32H43ClN4O2S. The SMILES string of the molecule is C=C(c1cc[nH]c1NC)N1CCC(CC(CCC)C2=NCC(=C(CC)CS(=O)(=O)Cc3ccccc3Cl)C=C2)C1. The molecule has 4 rings (SSSR count). The molecule has 0 amide bonds. The van der Waals surface area contributed by atoms with Crippen molar-refractivity contribution in [3.05, 3.63) is 82.6 Å². The normalized spacial score (nSPS) is 19.4. The number of rotatable bonds is 13. The van der Waals surface area contributed by atoms with E-state index in [0.29, 0.717) is 35.4 Å². The highest BCUT2D eigenvalue weighted by atomic mass is 35.5. The third kappa shape index (κ3) is 7.49. The molecule has 2 N–H and O–H groups in total. The summed E-state index contributed by atoms with van der Waals surface area (Å²) in [5, 5.41) is 3.71. The molecule has 0 radical (unpaired) electrons. The zero-order valence-corrected chi connectivity index (χ0v) is 25.6. The van der Waals surface area contributed by atoms with E-state index in [2.05, 4.69) is 46.9 Å². The van der Waals surface area contributed by atoms with Gasteiger partial charge in [0.05, 0.1) is 18.1 Å². The molecule has 0 spiro atoms. The molecule has 1 fully saturated rings. The maximum absolute atomic E-state index is 13.0. The van der Waals surface area contributed by atoms with Gasteiger partial charge in [-0.05, 0) is 60.9 Å². The zero-order valence-electron chi connectivity index (χ0n) is 24.0. The number of aromatic amines is 1. The quantitative estimate of drug-likeness (QED) is 0.263. The Hall–Kier alpha value is -2.77. The van der Waals surface area contributed by atoms with E-state index in [4.69, 9.17) is 16.6 Å². The van der Waals surface area contributed by atoms with Crippen molar-refractivity contribution in [2.45, 2.75) is 51.7 Å². The van der Waals surface area contributed by atoms with E-state index in [0.717, 1.165) is 72.7 Å². The summed E-state index contributed by atoms with van der Waals surface area (Å²) in [6.45, 7) is 11.2. The first kappa shape index (κ1) is 30.2. The van der Waals surface area contributed by atoms with Gasteiger partial charge in [0.1, 0.15) is 5.82 Å². The molecule has 2 aliphatic rings. The second-order valence-corrected chi connectivity index (χ2v) is 13.4. The summed E-state index contributed by atoms with van der Waals surface area (Å²) in [5.74, 6) is 2.00. The molecular weight excluding hydrogens is 540 g/mol. The van der Waals surface area contributed by atoms with Crippen LogP contribution in [0.25, 0.3) is 5.70 Å². The van der Waals surface area contributed by atoms with Crippen molar-refractivity contribution in [2.24, 2.45) is 16.8 Å². The van der Waals surface area contributed by atoms with E-state index in [1.54, 1.807) is 12.1 Å². The smallest absolute Gasteiger partial charge is 0.158 e. The Balaban J connectivity index is 1.39. The van der Waals surface area contributed by atoms with Crippen molar-refractivity contribution in [1.29, 1.82) is 0 Å². The van der Waals surface area contributed by atoms with Crippen LogP contribution in [0.3, 0.4) is 0 Å². The standard InChI is InChI=1S/C32H43ClN4O2S/c1-5-9-26(18-24-15-17-37(20-24)23(3)29-14-16-35-32(29)34-4)31-13-12-27(19-36-31)25(6-2)21-40(38,39)22-28-10-7-8-11-30(28)33/h7-8,10-14,16,24,26,34-35H,3,5-6,9,15,17-22H2,1-2,4H3. The van der Waals surface area contributed by atoms with Gasteiger partial charge in [-0.2, -0.15) is 0 Å². The summed E-state index contributed by atoms with van der Waals surface area (Å²) < 4.78 is 26.1. The van der Waals surface area contributed by atoms with Crippen LogP contribution >= 0.6 is 11.6 Å². The van der Waals surface area contributed by atoms with Crippen molar-refractivity contribution >= 4 is 38.7 Å². The first-order valence-corrected chi connectivity index (χ1v) is 16.6. The summed E-state index contributed by atoms with van der Waals surface area (Å²) in [6.07, 6.45) is 11.4. The number of hydrogen-bond acceptors (Lipinski definition) is 5. The van der Waals surface area contributed by atoms with Crippen LogP contribution < -0.4 is 5.32 Å². The predicted octanol–water partition coefficient (Wildman–Crippen LogP) is 7.14. The van der Waals surface area contributed by atoms with E-state index in [-0.39, 0.29) is 11.5 Å². The highest BCUT2D eigenvalue weighted by Gasteiger charge is 2.29. The number of anilines is 1. The molecule has 40 heavy (non-hydrogen) atoms. The number of halogens is 1. The predicted molar refractivity (Wildman–Crippen MR) is 170 cm³/mol. The summed E-state index contributed by atoms with van der Waals surface area (Å²) in [6, 6.07) is 9.24. The lowest BCUT2D eigenvalue weighted by Gasteiger charge is -2.25. The second-order valence-electron chi connectivity index (χ2n) is 11.0. The summed E-state index contributed by atoms with van der Waals surface area (Å²) in [7, 11) is -1.42. The van der Waals surface area contributed by atoms with Gasteiger partial charge in [-0.1, -0.05) is 68.3 Å². The monoisotopic (exact) mass is 582 g/mol. The van der Waals surface area contributed by atoms with E-state index in [9.17, 15) is 8.42 Å². The van der Waals surface area contributed by atoms with Crippen molar-refractivity contribution < 1.29 is 8.42 Å². The van der Waals surface area contributed by atoms with Crippen LogP contribution in [0.4, 0.5) is 5.82 Å². The van der Waals surface area contributed by atoms with Crippen molar-refractivity contribution in [3.8, 4) is 0 Å². The third-order valence-electron chi connectivity index (χ3n) is 8.14. The van der Waals surface area contributed by atoms with E-state index >= 15 is 0 Å². The van der Waals surface area contributed by atoms with Gasteiger partial charge in [0, 0.05) is 54.2 Å². The van der Waals surface area contributed by atoms with E-state index in [1.807, 2.05) is 32.3 Å². The van der Waals surface area contributed by atoms with Crippen molar-refractivity contribution in [1.82, 2.24) is 9.88 Å².